The van der Waals surface area contributed by atoms with Gasteiger partial charge in [-0.15, -0.1) is 11.3 Å². The zero-order valence-corrected chi connectivity index (χ0v) is 18.1. The number of nitrogens with zero attached hydrogens (tertiary/aromatic N) is 1. The molecule has 1 N–H and O–H groups in total. The van der Waals surface area contributed by atoms with Gasteiger partial charge in [0.15, 0.2) is 0 Å². The van der Waals surface area contributed by atoms with Crippen molar-refractivity contribution in [2.24, 2.45) is 5.92 Å². The van der Waals surface area contributed by atoms with Crippen LogP contribution in [0.25, 0.3) is 0 Å². The smallest absolute Gasteiger partial charge is 0.252 e. The molecule has 7 heteroatoms. The first-order chi connectivity index (χ1) is 14.6. The number of hydrogen-bond donors (Lipinski definition) is 1. The van der Waals surface area contributed by atoms with Crippen LogP contribution >= 0.6 is 11.3 Å². The number of benzene rings is 2. The van der Waals surface area contributed by atoms with Gasteiger partial charge in [0.25, 0.3) is 10.0 Å². The van der Waals surface area contributed by atoms with Gasteiger partial charge in [-0.05, 0) is 35.4 Å². The van der Waals surface area contributed by atoms with Crippen LogP contribution in [-0.2, 0) is 14.8 Å². The van der Waals surface area contributed by atoms with E-state index in [-0.39, 0.29) is 17.9 Å². The van der Waals surface area contributed by atoms with Crippen molar-refractivity contribution in [3.63, 3.8) is 0 Å². The second-order valence-corrected chi connectivity index (χ2v) is 10.5. The molecule has 3 aromatic rings. The molecular formula is C23H24N2O3S2. The van der Waals surface area contributed by atoms with Crippen molar-refractivity contribution >= 4 is 27.3 Å². The van der Waals surface area contributed by atoms with Crippen molar-refractivity contribution < 1.29 is 13.2 Å². The fourth-order valence-electron chi connectivity index (χ4n) is 3.81. The van der Waals surface area contributed by atoms with Crippen LogP contribution in [-0.4, -0.2) is 31.7 Å². The van der Waals surface area contributed by atoms with E-state index in [0.29, 0.717) is 30.1 Å². The van der Waals surface area contributed by atoms with Gasteiger partial charge in [0.2, 0.25) is 5.91 Å². The number of carbonyl (C=O) groups is 1. The molecule has 0 spiro atoms. The Morgan fingerprint density at radius 1 is 0.900 bits per heavy atom. The minimum Gasteiger partial charge on any atom is -0.345 e. The number of rotatable bonds is 6. The van der Waals surface area contributed by atoms with Crippen LogP contribution in [0.3, 0.4) is 0 Å². The summed E-state index contributed by atoms with van der Waals surface area (Å²) >= 11 is 1.23. The molecule has 0 unspecified atom stereocenters. The normalized spacial score (nSPS) is 15.9. The highest BCUT2D eigenvalue weighted by Crippen LogP contribution is 2.28. The lowest BCUT2D eigenvalue weighted by molar-refractivity contribution is -0.126. The Hall–Kier alpha value is -2.48. The Morgan fingerprint density at radius 2 is 1.47 bits per heavy atom. The highest BCUT2D eigenvalue weighted by atomic mass is 32.2. The summed E-state index contributed by atoms with van der Waals surface area (Å²) in [4.78, 5) is 13.1. The second-order valence-electron chi connectivity index (χ2n) is 7.37. The van der Waals surface area contributed by atoms with E-state index in [1.165, 1.54) is 15.6 Å². The third kappa shape index (κ3) is 4.48. The summed E-state index contributed by atoms with van der Waals surface area (Å²) in [6, 6.07) is 22.9. The number of carbonyl (C=O) groups excluding carboxylic acids is 1. The second kappa shape index (κ2) is 9.12. The summed E-state index contributed by atoms with van der Waals surface area (Å²) in [5, 5.41) is 4.96. The average molecular weight is 441 g/mol. The van der Waals surface area contributed by atoms with E-state index >= 15 is 0 Å². The van der Waals surface area contributed by atoms with E-state index in [0.717, 1.165) is 11.1 Å². The van der Waals surface area contributed by atoms with Crippen molar-refractivity contribution in [3.8, 4) is 0 Å². The van der Waals surface area contributed by atoms with Gasteiger partial charge in [-0.3, -0.25) is 4.79 Å². The SMILES string of the molecule is O=C(NC(c1ccccc1)c1ccccc1)C1CCN(S(=O)(=O)c2cccs2)CC1. The van der Waals surface area contributed by atoms with Gasteiger partial charge < -0.3 is 5.32 Å². The molecule has 0 aliphatic carbocycles. The lowest BCUT2D eigenvalue weighted by atomic mass is 9.94. The molecule has 4 rings (SSSR count). The first kappa shape index (κ1) is 20.8. The van der Waals surface area contributed by atoms with Gasteiger partial charge in [-0.25, -0.2) is 8.42 Å². The number of piperidine rings is 1. The number of thiophene rings is 1. The number of amides is 1. The lowest BCUT2D eigenvalue weighted by Crippen LogP contribution is -2.43. The van der Waals surface area contributed by atoms with E-state index in [2.05, 4.69) is 5.32 Å². The number of sulfonamides is 1. The highest BCUT2D eigenvalue weighted by molar-refractivity contribution is 7.91. The molecular weight excluding hydrogens is 416 g/mol. The molecule has 1 saturated heterocycles. The molecule has 1 aromatic heterocycles. The minimum absolute atomic E-state index is 0.0270. The molecule has 30 heavy (non-hydrogen) atoms. The van der Waals surface area contributed by atoms with Crippen LogP contribution in [0.15, 0.2) is 82.4 Å². The monoisotopic (exact) mass is 440 g/mol. The molecule has 1 aliphatic heterocycles. The zero-order chi connectivity index (χ0) is 21.0. The topological polar surface area (TPSA) is 66.5 Å². The van der Waals surface area contributed by atoms with E-state index in [4.69, 9.17) is 0 Å². The van der Waals surface area contributed by atoms with Gasteiger partial charge in [-0.1, -0.05) is 66.7 Å². The first-order valence-electron chi connectivity index (χ1n) is 9.99. The summed E-state index contributed by atoms with van der Waals surface area (Å²) in [6.07, 6.45) is 1.04. The fraction of sp³-hybridized carbons (Fsp3) is 0.261. The Bertz CT molecular complexity index is 1020. The fourth-order valence-corrected chi connectivity index (χ4v) is 6.42. The molecule has 0 saturated carbocycles. The maximum Gasteiger partial charge on any atom is 0.252 e. The maximum atomic E-state index is 13.1. The maximum absolute atomic E-state index is 13.1. The third-order valence-electron chi connectivity index (χ3n) is 5.47. The van der Waals surface area contributed by atoms with Crippen molar-refractivity contribution in [1.82, 2.24) is 9.62 Å². The molecule has 156 valence electrons. The van der Waals surface area contributed by atoms with Crippen LogP contribution in [0, 0.1) is 5.92 Å². The first-order valence-corrected chi connectivity index (χ1v) is 12.3. The summed E-state index contributed by atoms with van der Waals surface area (Å²) in [5.74, 6) is -0.226. The third-order valence-corrected chi connectivity index (χ3v) is 8.74. The average Bonchev–Trinajstić information content (AvgIpc) is 3.35. The number of hydrogen-bond acceptors (Lipinski definition) is 4. The van der Waals surface area contributed by atoms with E-state index in [1.807, 2.05) is 60.7 Å². The van der Waals surface area contributed by atoms with Gasteiger partial charge in [0, 0.05) is 19.0 Å². The molecule has 0 bridgehead atoms. The van der Waals surface area contributed by atoms with Crippen LogP contribution in [0.4, 0.5) is 0 Å². The van der Waals surface area contributed by atoms with Crippen molar-refractivity contribution in [2.45, 2.75) is 23.1 Å². The van der Waals surface area contributed by atoms with Gasteiger partial charge in [0.05, 0.1) is 6.04 Å². The van der Waals surface area contributed by atoms with Gasteiger partial charge >= 0.3 is 0 Å². The summed E-state index contributed by atoms with van der Waals surface area (Å²) < 4.78 is 27.3. The standard InChI is InChI=1S/C23H24N2O3S2/c26-23(20-13-15-25(16-14-20)30(27,28)21-12-7-17-29-21)24-22(18-8-3-1-4-9-18)19-10-5-2-6-11-19/h1-12,17,20,22H,13-16H2,(H,24,26). The Kier molecular flexibility index (Phi) is 6.32. The predicted molar refractivity (Wildman–Crippen MR) is 119 cm³/mol. The van der Waals surface area contributed by atoms with Crippen LogP contribution in [0.2, 0.25) is 0 Å². The molecule has 1 amide bonds. The summed E-state index contributed by atoms with van der Waals surface area (Å²) in [6.45, 7) is 0.722. The lowest BCUT2D eigenvalue weighted by Gasteiger charge is -2.31. The molecule has 2 aromatic carbocycles. The van der Waals surface area contributed by atoms with Crippen LogP contribution in [0.5, 0.6) is 0 Å². The molecule has 0 radical (unpaired) electrons. The quantitative estimate of drug-likeness (QED) is 0.629. The Morgan fingerprint density at radius 3 is 1.97 bits per heavy atom. The van der Waals surface area contributed by atoms with Crippen LogP contribution in [0.1, 0.15) is 30.0 Å². The summed E-state index contributed by atoms with van der Waals surface area (Å²) in [7, 11) is -3.46. The Labute approximate surface area is 181 Å². The summed E-state index contributed by atoms with van der Waals surface area (Å²) in [5.41, 5.74) is 2.05. The van der Waals surface area contributed by atoms with E-state index in [9.17, 15) is 13.2 Å². The highest BCUT2D eigenvalue weighted by Gasteiger charge is 2.33. The number of nitrogens with one attached hydrogen (secondary N) is 1. The van der Waals surface area contributed by atoms with Gasteiger partial charge in [0.1, 0.15) is 4.21 Å². The van der Waals surface area contributed by atoms with E-state index in [1.54, 1.807) is 17.5 Å². The van der Waals surface area contributed by atoms with E-state index < -0.39 is 10.0 Å². The van der Waals surface area contributed by atoms with Crippen LogP contribution < -0.4 is 5.32 Å². The molecule has 5 nitrogen and oxygen atoms in total. The van der Waals surface area contributed by atoms with Crippen molar-refractivity contribution in [1.29, 1.82) is 0 Å². The molecule has 1 aliphatic rings. The molecule has 1 fully saturated rings. The van der Waals surface area contributed by atoms with Crippen molar-refractivity contribution in [2.75, 3.05) is 13.1 Å². The van der Waals surface area contributed by atoms with Crippen molar-refractivity contribution in [3.05, 3.63) is 89.3 Å². The molecule has 0 atom stereocenters. The van der Waals surface area contributed by atoms with Gasteiger partial charge in [-0.2, -0.15) is 4.31 Å². The Balaban J connectivity index is 1.44. The largest absolute Gasteiger partial charge is 0.345 e. The molecule has 2 heterocycles. The zero-order valence-electron chi connectivity index (χ0n) is 16.5. The minimum atomic E-state index is -3.46. The predicted octanol–water partition coefficient (Wildman–Crippen LogP) is 4.05.